The zero-order valence-corrected chi connectivity index (χ0v) is 13.2. The number of carbonyl (C=O) groups is 1. The third kappa shape index (κ3) is 5.55. The molecule has 0 aliphatic rings. The lowest BCUT2D eigenvalue weighted by molar-refractivity contribution is 0.0292. The molecule has 7 heteroatoms. The molecule has 6 nitrogen and oxygen atoms in total. The first-order valence-corrected chi connectivity index (χ1v) is 7.98. The Morgan fingerprint density at radius 2 is 2.10 bits per heavy atom. The SMILES string of the molecule is COCCC(C)(O)CNS(=O)(=O)c1cccc(C(C)=O)c1. The molecule has 0 spiro atoms. The van der Waals surface area contributed by atoms with E-state index in [1.165, 1.54) is 39.2 Å². The molecule has 0 aliphatic carbocycles. The van der Waals surface area contributed by atoms with Gasteiger partial charge in [0.25, 0.3) is 0 Å². The number of ether oxygens (including phenoxy) is 1. The molecule has 0 fully saturated rings. The Kier molecular flexibility index (Phi) is 6.03. The summed E-state index contributed by atoms with van der Waals surface area (Å²) in [6.07, 6.45) is 0.305. The van der Waals surface area contributed by atoms with E-state index in [2.05, 4.69) is 4.72 Å². The summed E-state index contributed by atoms with van der Waals surface area (Å²) in [5.41, 5.74) is -0.884. The monoisotopic (exact) mass is 315 g/mol. The van der Waals surface area contributed by atoms with E-state index in [1.807, 2.05) is 0 Å². The maximum absolute atomic E-state index is 12.2. The molecule has 118 valence electrons. The third-order valence-electron chi connectivity index (χ3n) is 3.04. The highest BCUT2D eigenvalue weighted by Gasteiger charge is 2.24. The molecule has 1 unspecified atom stereocenters. The predicted octanol–water partition coefficient (Wildman–Crippen LogP) is 0.955. The van der Waals surface area contributed by atoms with Gasteiger partial charge in [-0.3, -0.25) is 4.79 Å². The highest BCUT2D eigenvalue weighted by Crippen LogP contribution is 2.14. The molecular formula is C14H21NO5S. The van der Waals surface area contributed by atoms with Gasteiger partial charge in [0.2, 0.25) is 10.0 Å². The van der Waals surface area contributed by atoms with E-state index in [-0.39, 0.29) is 17.2 Å². The average molecular weight is 315 g/mol. The molecule has 0 saturated heterocycles. The van der Waals surface area contributed by atoms with Crippen molar-refractivity contribution in [1.29, 1.82) is 0 Å². The summed E-state index contributed by atoms with van der Waals surface area (Å²) < 4.78 is 31.5. The normalized spacial score (nSPS) is 14.7. The highest BCUT2D eigenvalue weighted by molar-refractivity contribution is 7.89. The van der Waals surface area contributed by atoms with Crippen molar-refractivity contribution in [2.75, 3.05) is 20.3 Å². The molecule has 0 amide bonds. The van der Waals surface area contributed by atoms with E-state index in [9.17, 15) is 18.3 Å². The Morgan fingerprint density at radius 3 is 2.67 bits per heavy atom. The lowest BCUT2D eigenvalue weighted by atomic mass is 10.0. The van der Waals surface area contributed by atoms with Crippen molar-refractivity contribution in [2.24, 2.45) is 0 Å². The first-order valence-electron chi connectivity index (χ1n) is 6.50. The number of ketones is 1. The fraction of sp³-hybridized carbons (Fsp3) is 0.500. The molecule has 1 aromatic carbocycles. The van der Waals surface area contributed by atoms with Crippen LogP contribution in [0.4, 0.5) is 0 Å². The summed E-state index contributed by atoms with van der Waals surface area (Å²) in [7, 11) is -2.27. The number of carbonyl (C=O) groups excluding carboxylic acids is 1. The van der Waals surface area contributed by atoms with Crippen LogP contribution in [0.15, 0.2) is 29.2 Å². The van der Waals surface area contributed by atoms with E-state index < -0.39 is 15.6 Å². The Bertz CT molecular complexity index is 595. The van der Waals surface area contributed by atoms with Crippen molar-refractivity contribution in [3.05, 3.63) is 29.8 Å². The van der Waals surface area contributed by atoms with Gasteiger partial charge < -0.3 is 9.84 Å². The maximum Gasteiger partial charge on any atom is 0.240 e. The minimum absolute atomic E-state index is 0.00209. The molecule has 0 aliphatic heterocycles. The van der Waals surface area contributed by atoms with Crippen LogP contribution in [-0.4, -0.2) is 45.2 Å². The number of hydrogen-bond acceptors (Lipinski definition) is 5. The summed E-state index contributed by atoms with van der Waals surface area (Å²) in [4.78, 5) is 11.3. The first kappa shape index (κ1) is 17.8. The smallest absolute Gasteiger partial charge is 0.240 e. The van der Waals surface area contributed by atoms with Gasteiger partial charge in [-0.2, -0.15) is 0 Å². The lowest BCUT2D eigenvalue weighted by Gasteiger charge is -2.23. The minimum atomic E-state index is -3.78. The van der Waals surface area contributed by atoms with Gasteiger partial charge >= 0.3 is 0 Å². The fourth-order valence-electron chi connectivity index (χ4n) is 1.63. The van der Waals surface area contributed by atoms with Crippen LogP contribution in [0.2, 0.25) is 0 Å². The average Bonchev–Trinajstić information content (AvgIpc) is 2.43. The van der Waals surface area contributed by atoms with Crippen LogP contribution in [0.3, 0.4) is 0 Å². The van der Waals surface area contributed by atoms with E-state index in [1.54, 1.807) is 6.07 Å². The Morgan fingerprint density at radius 1 is 1.43 bits per heavy atom. The second-order valence-electron chi connectivity index (χ2n) is 5.15. The summed E-state index contributed by atoms with van der Waals surface area (Å²) >= 11 is 0. The second-order valence-corrected chi connectivity index (χ2v) is 6.92. The van der Waals surface area contributed by atoms with E-state index in [0.717, 1.165) is 0 Å². The number of hydrogen-bond donors (Lipinski definition) is 2. The standard InChI is InChI=1S/C14H21NO5S/c1-11(16)12-5-4-6-13(9-12)21(18,19)15-10-14(2,17)7-8-20-3/h4-6,9,15,17H,7-8,10H2,1-3H3. The highest BCUT2D eigenvalue weighted by atomic mass is 32.2. The predicted molar refractivity (Wildman–Crippen MR) is 78.8 cm³/mol. The number of Topliss-reactive ketones (excluding diaryl/α,β-unsaturated/α-hetero) is 1. The first-order chi connectivity index (χ1) is 9.68. The summed E-state index contributed by atoms with van der Waals surface area (Å²) in [6, 6.07) is 5.78. The molecule has 0 bridgehead atoms. The minimum Gasteiger partial charge on any atom is -0.389 e. The number of rotatable bonds is 8. The van der Waals surface area contributed by atoms with E-state index >= 15 is 0 Å². The Labute approximate surface area is 125 Å². The molecule has 1 atom stereocenters. The van der Waals surface area contributed by atoms with Gasteiger partial charge in [-0.25, -0.2) is 13.1 Å². The molecule has 1 rings (SSSR count). The van der Waals surface area contributed by atoms with Crippen molar-refractivity contribution in [3.63, 3.8) is 0 Å². The van der Waals surface area contributed by atoms with Gasteiger partial charge in [0.1, 0.15) is 0 Å². The zero-order chi connectivity index (χ0) is 16.1. The van der Waals surface area contributed by atoms with Gasteiger partial charge in [0.15, 0.2) is 5.78 Å². The maximum atomic E-state index is 12.2. The van der Waals surface area contributed by atoms with Crippen LogP contribution in [0.1, 0.15) is 30.6 Å². The van der Waals surface area contributed by atoms with Crippen LogP contribution in [0.25, 0.3) is 0 Å². The number of methoxy groups -OCH3 is 1. The summed E-state index contributed by atoms with van der Waals surface area (Å²) in [5.74, 6) is -0.209. The van der Waals surface area contributed by atoms with E-state index in [0.29, 0.717) is 18.6 Å². The molecular weight excluding hydrogens is 294 g/mol. The molecule has 0 heterocycles. The topological polar surface area (TPSA) is 92.7 Å². The number of aliphatic hydroxyl groups is 1. The Hall–Kier alpha value is -1.28. The number of sulfonamides is 1. The zero-order valence-electron chi connectivity index (χ0n) is 12.4. The third-order valence-corrected chi connectivity index (χ3v) is 4.44. The largest absolute Gasteiger partial charge is 0.389 e. The lowest BCUT2D eigenvalue weighted by Crippen LogP contribution is -2.41. The second kappa shape index (κ2) is 7.13. The van der Waals surface area contributed by atoms with Gasteiger partial charge in [0, 0.05) is 32.2 Å². The molecule has 0 saturated carbocycles. The molecule has 0 radical (unpaired) electrons. The van der Waals surface area contributed by atoms with Crippen molar-refractivity contribution >= 4 is 15.8 Å². The molecule has 21 heavy (non-hydrogen) atoms. The van der Waals surface area contributed by atoms with Gasteiger partial charge in [-0.15, -0.1) is 0 Å². The summed E-state index contributed by atoms with van der Waals surface area (Å²) in [5, 5.41) is 10.0. The van der Waals surface area contributed by atoms with Gasteiger partial charge in [0.05, 0.1) is 10.5 Å². The van der Waals surface area contributed by atoms with Crippen LogP contribution in [-0.2, 0) is 14.8 Å². The molecule has 1 aromatic rings. The molecule has 2 N–H and O–H groups in total. The van der Waals surface area contributed by atoms with Crippen LogP contribution in [0.5, 0.6) is 0 Å². The molecule has 0 aromatic heterocycles. The fourth-order valence-corrected chi connectivity index (χ4v) is 2.83. The van der Waals surface area contributed by atoms with Crippen LogP contribution in [0, 0.1) is 0 Å². The van der Waals surface area contributed by atoms with Crippen LogP contribution >= 0.6 is 0 Å². The Balaban J connectivity index is 2.82. The number of nitrogens with one attached hydrogen (secondary N) is 1. The van der Waals surface area contributed by atoms with Crippen molar-refractivity contribution in [3.8, 4) is 0 Å². The van der Waals surface area contributed by atoms with Crippen molar-refractivity contribution in [1.82, 2.24) is 4.72 Å². The van der Waals surface area contributed by atoms with E-state index in [4.69, 9.17) is 4.74 Å². The van der Waals surface area contributed by atoms with Gasteiger partial charge in [-0.1, -0.05) is 12.1 Å². The van der Waals surface area contributed by atoms with Crippen molar-refractivity contribution in [2.45, 2.75) is 30.8 Å². The van der Waals surface area contributed by atoms with Gasteiger partial charge in [-0.05, 0) is 26.0 Å². The summed E-state index contributed by atoms with van der Waals surface area (Å²) in [6.45, 7) is 3.09. The van der Waals surface area contributed by atoms with Crippen molar-refractivity contribution < 1.29 is 23.1 Å². The number of benzene rings is 1. The van der Waals surface area contributed by atoms with Crippen LogP contribution < -0.4 is 4.72 Å². The quantitative estimate of drug-likeness (QED) is 0.697.